The molecule has 230 valence electrons. The number of fused-ring (bicyclic) bond motifs is 1. The minimum Gasteiger partial charge on any atom is -0.486 e. The number of sulfonamides is 1. The highest BCUT2D eigenvalue weighted by molar-refractivity contribution is 7.92. The maximum atomic E-state index is 13.9. The van der Waals surface area contributed by atoms with Gasteiger partial charge in [-0.05, 0) is 55.7 Å². The number of rotatable bonds is 13. The molecule has 3 aromatic carbocycles. The topological polar surface area (TPSA) is 105 Å². The average molecular weight is 628 g/mol. The number of anilines is 1. The van der Waals surface area contributed by atoms with Crippen LogP contribution in [0.25, 0.3) is 0 Å². The van der Waals surface area contributed by atoms with Crippen molar-refractivity contribution in [2.24, 2.45) is 0 Å². The number of hydrogen-bond donors (Lipinski definition) is 1. The maximum Gasteiger partial charge on any atom is 0.243 e. The standard InChI is InChI=1S/C32H38ClN3O6S/c1-23(2)34-32(38)28(20-24-8-5-4-6-9-24)35(22-25-11-13-26(33)14-12-25)31(37)10-7-17-36(43(3,39)40)27-15-16-29-30(21-27)42-19-18-41-29/h4-6,8-9,11-16,21,23,28H,7,10,17-20,22H2,1-3H3,(H,34,38)/t28-/m1/s1. The van der Waals surface area contributed by atoms with Crippen molar-refractivity contribution >= 4 is 39.1 Å². The molecule has 0 saturated heterocycles. The zero-order chi connectivity index (χ0) is 31.0. The number of ether oxygens (including phenoxy) is 2. The van der Waals surface area contributed by atoms with Gasteiger partial charge in [0.05, 0.1) is 11.9 Å². The number of amides is 2. The van der Waals surface area contributed by atoms with E-state index in [2.05, 4.69) is 5.32 Å². The van der Waals surface area contributed by atoms with E-state index in [0.29, 0.717) is 41.8 Å². The summed E-state index contributed by atoms with van der Waals surface area (Å²) in [5.74, 6) is 0.517. The van der Waals surface area contributed by atoms with Gasteiger partial charge in [-0.25, -0.2) is 8.42 Å². The Morgan fingerprint density at radius 2 is 1.60 bits per heavy atom. The van der Waals surface area contributed by atoms with E-state index in [0.717, 1.165) is 17.4 Å². The molecule has 3 aromatic rings. The summed E-state index contributed by atoms with van der Waals surface area (Å²) >= 11 is 6.10. The molecular weight excluding hydrogens is 590 g/mol. The van der Waals surface area contributed by atoms with Crippen molar-refractivity contribution < 1.29 is 27.5 Å². The molecule has 0 aromatic heterocycles. The maximum absolute atomic E-state index is 13.9. The van der Waals surface area contributed by atoms with Gasteiger partial charge in [0, 0.05) is 43.1 Å². The van der Waals surface area contributed by atoms with Crippen LogP contribution in [-0.2, 0) is 32.6 Å². The van der Waals surface area contributed by atoms with Crippen LogP contribution in [0.3, 0.4) is 0 Å². The van der Waals surface area contributed by atoms with Crippen molar-refractivity contribution in [1.29, 1.82) is 0 Å². The van der Waals surface area contributed by atoms with E-state index in [1.54, 1.807) is 35.2 Å². The second-order valence-corrected chi connectivity index (χ2v) is 13.1. The number of carbonyl (C=O) groups excluding carboxylic acids is 2. The molecule has 1 atom stereocenters. The summed E-state index contributed by atoms with van der Waals surface area (Å²) in [6, 6.07) is 20.8. The van der Waals surface area contributed by atoms with Gasteiger partial charge in [-0.1, -0.05) is 54.1 Å². The average Bonchev–Trinajstić information content (AvgIpc) is 2.97. The highest BCUT2D eigenvalue weighted by Gasteiger charge is 2.31. The van der Waals surface area contributed by atoms with Crippen LogP contribution in [0, 0.1) is 0 Å². The zero-order valence-corrected chi connectivity index (χ0v) is 26.2. The first-order chi connectivity index (χ1) is 20.5. The van der Waals surface area contributed by atoms with Crippen molar-refractivity contribution in [1.82, 2.24) is 10.2 Å². The van der Waals surface area contributed by atoms with Crippen LogP contribution < -0.4 is 19.1 Å². The molecular formula is C32H38ClN3O6S. The third-order valence-electron chi connectivity index (χ3n) is 6.93. The van der Waals surface area contributed by atoms with Gasteiger partial charge in [0.15, 0.2) is 11.5 Å². The van der Waals surface area contributed by atoms with Crippen molar-refractivity contribution in [3.05, 3.63) is 88.9 Å². The van der Waals surface area contributed by atoms with Gasteiger partial charge in [0.25, 0.3) is 0 Å². The highest BCUT2D eigenvalue weighted by atomic mass is 35.5. The minimum absolute atomic E-state index is 0.0322. The molecule has 0 spiro atoms. The first-order valence-corrected chi connectivity index (χ1v) is 16.5. The van der Waals surface area contributed by atoms with E-state index in [9.17, 15) is 18.0 Å². The van der Waals surface area contributed by atoms with E-state index in [1.807, 2.05) is 56.3 Å². The van der Waals surface area contributed by atoms with Crippen LogP contribution in [0.5, 0.6) is 11.5 Å². The summed E-state index contributed by atoms with van der Waals surface area (Å²) in [6.45, 7) is 4.82. The van der Waals surface area contributed by atoms with Crippen molar-refractivity contribution in [3.8, 4) is 11.5 Å². The third kappa shape index (κ3) is 9.11. The number of benzene rings is 3. The lowest BCUT2D eigenvalue weighted by Gasteiger charge is -2.32. The van der Waals surface area contributed by atoms with Gasteiger partial charge in [-0.2, -0.15) is 0 Å². The molecule has 4 rings (SSSR count). The van der Waals surface area contributed by atoms with Gasteiger partial charge >= 0.3 is 0 Å². The Bertz CT molecular complexity index is 1500. The zero-order valence-electron chi connectivity index (χ0n) is 24.7. The Hall–Kier alpha value is -3.76. The number of carbonyl (C=O) groups is 2. The predicted octanol–water partition coefficient (Wildman–Crippen LogP) is 4.82. The van der Waals surface area contributed by atoms with Gasteiger partial charge in [0.2, 0.25) is 21.8 Å². The fourth-order valence-corrected chi connectivity index (χ4v) is 6.00. The molecule has 43 heavy (non-hydrogen) atoms. The van der Waals surface area contributed by atoms with E-state index in [4.69, 9.17) is 21.1 Å². The summed E-state index contributed by atoms with van der Waals surface area (Å²) in [6.07, 6.45) is 1.72. The Morgan fingerprint density at radius 1 is 0.930 bits per heavy atom. The van der Waals surface area contributed by atoms with E-state index < -0.39 is 16.1 Å². The number of nitrogens with zero attached hydrogens (tertiary/aromatic N) is 2. The summed E-state index contributed by atoms with van der Waals surface area (Å²) in [5.41, 5.74) is 2.17. The van der Waals surface area contributed by atoms with Crippen LogP contribution in [0.1, 0.15) is 37.8 Å². The van der Waals surface area contributed by atoms with Gasteiger partial charge in [-0.3, -0.25) is 13.9 Å². The molecule has 9 nitrogen and oxygen atoms in total. The van der Waals surface area contributed by atoms with Crippen LogP contribution in [0.4, 0.5) is 5.69 Å². The van der Waals surface area contributed by atoms with Crippen LogP contribution in [0.15, 0.2) is 72.8 Å². The van der Waals surface area contributed by atoms with E-state index in [-0.39, 0.29) is 43.8 Å². The molecule has 1 N–H and O–H groups in total. The van der Waals surface area contributed by atoms with Crippen LogP contribution in [0.2, 0.25) is 5.02 Å². The lowest BCUT2D eigenvalue weighted by atomic mass is 10.0. The van der Waals surface area contributed by atoms with Crippen LogP contribution >= 0.6 is 11.6 Å². The lowest BCUT2D eigenvalue weighted by Crippen LogP contribution is -2.51. The van der Waals surface area contributed by atoms with Crippen molar-refractivity contribution in [2.45, 2.75) is 51.7 Å². The quantitative estimate of drug-likeness (QED) is 0.291. The summed E-state index contributed by atoms with van der Waals surface area (Å²) in [7, 11) is -3.66. The fourth-order valence-electron chi connectivity index (χ4n) is 4.91. The number of nitrogens with one attached hydrogen (secondary N) is 1. The minimum atomic E-state index is -3.66. The Balaban J connectivity index is 1.57. The Kier molecular flexibility index (Phi) is 10.9. The predicted molar refractivity (Wildman–Crippen MR) is 168 cm³/mol. The fraction of sp³-hybridized carbons (Fsp3) is 0.375. The molecule has 1 aliphatic rings. The molecule has 0 bridgehead atoms. The molecule has 0 saturated carbocycles. The molecule has 2 amide bonds. The molecule has 0 aliphatic carbocycles. The lowest BCUT2D eigenvalue weighted by molar-refractivity contribution is -0.141. The molecule has 11 heteroatoms. The smallest absolute Gasteiger partial charge is 0.243 e. The molecule has 1 heterocycles. The number of halogens is 1. The normalized spacial score (nSPS) is 13.3. The highest BCUT2D eigenvalue weighted by Crippen LogP contribution is 2.35. The van der Waals surface area contributed by atoms with Crippen LogP contribution in [-0.4, -0.2) is 63.2 Å². The Labute approximate surface area is 258 Å². The van der Waals surface area contributed by atoms with Gasteiger partial charge in [0.1, 0.15) is 19.3 Å². The molecule has 0 fully saturated rings. The first kappa shape index (κ1) is 32.2. The van der Waals surface area contributed by atoms with E-state index >= 15 is 0 Å². The second kappa shape index (κ2) is 14.6. The third-order valence-corrected chi connectivity index (χ3v) is 8.38. The SMILES string of the molecule is CC(C)NC(=O)[C@@H](Cc1ccccc1)N(Cc1ccc(Cl)cc1)C(=O)CCCN(c1ccc2c(c1)OCCO2)S(C)(=O)=O. The van der Waals surface area contributed by atoms with Gasteiger partial charge < -0.3 is 19.7 Å². The van der Waals surface area contributed by atoms with E-state index in [1.165, 1.54) is 4.31 Å². The largest absolute Gasteiger partial charge is 0.486 e. The molecule has 0 radical (unpaired) electrons. The number of hydrogen-bond acceptors (Lipinski definition) is 6. The molecule has 1 aliphatic heterocycles. The van der Waals surface area contributed by atoms with Crippen molar-refractivity contribution in [3.63, 3.8) is 0 Å². The Morgan fingerprint density at radius 3 is 2.26 bits per heavy atom. The monoisotopic (exact) mass is 627 g/mol. The first-order valence-electron chi connectivity index (χ1n) is 14.3. The second-order valence-electron chi connectivity index (χ2n) is 10.8. The summed E-state index contributed by atoms with van der Waals surface area (Å²) in [4.78, 5) is 29.0. The van der Waals surface area contributed by atoms with Gasteiger partial charge in [-0.15, -0.1) is 0 Å². The molecule has 0 unspecified atom stereocenters. The van der Waals surface area contributed by atoms with Crippen molar-refractivity contribution in [2.75, 3.05) is 30.3 Å². The summed E-state index contributed by atoms with van der Waals surface area (Å²) < 4.78 is 38.0. The summed E-state index contributed by atoms with van der Waals surface area (Å²) in [5, 5.41) is 3.54.